The summed E-state index contributed by atoms with van der Waals surface area (Å²) in [5.74, 6) is 0.727. The third kappa shape index (κ3) is 3.77. The van der Waals surface area contributed by atoms with E-state index < -0.39 is 0 Å². The first kappa shape index (κ1) is 16.9. The number of nitrogens with zero attached hydrogens (tertiary/aromatic N) is 3. The minimum Gasteiger partial charge on any atom is -0.379 e. The van der Waals surface area contributed by atoms with Crippen LogP contribution in [0, 0.1) is 17.2 Å². The van der Waals surface area contributed by atoms with Gasteiger partial charge in [0.05, 0.1) is 24.8 Å². The molecule has 1 aromatic rings. The summed E-state index contributed by atoms with van der Waals surface area (Å²) >= 11 is 0. The number of hydrogen-bond donors (Lipinski definition) is 0. The van der Waals surface area contributed by atoms with E-state index in [1.54, 1.807) is 24.3 Å². The fourth-order valence-electron chi connectivity index (χ4n) is 3.74. The van der Waals surface area contributed by atoms with Crippen molar-refractivity contribution in [2.24, 2.45) is 5.92 Å². The van der Waals surface area contributed by atoms with Gasteiger partial charge in [0.25, 0.3) is 5.91 Å². The number of likely N-dealkylation sites (tertiary alicyclic amines) is 1. The highest BCUT2D eigenvalue weighted by Crippen LogP contribution is 2.25. The summed E-state index contributed by atoms with van der Waals surface area (Å²) in [7, 11) is 0. The maximum atomic E-state index is 12.6. The van der Waals surface area contributed by atoms with Crippen LogP contribution in [0.15, 0.2) is 24.3 Å². The molecule has 0 radical (unpaired) electrons. The standard InChI is InChI=1S/C19H25N3O2/c1-15(21-10-12-24-13-11-21)17-6-8-22(9-7-17)19(23)18-4-2-16(14-20)3-5-18/h2-5,15,17H,6-13H2,1H3. The van der Waals surface area contributed by atoms with Crippen LogP contribution < -0.4 is 0 Å². The van der Waals surface area contributed by atoms with E-state index in [0.717, 1.165) is 52.2 Å². The smallest absolute Gasteiger partial charge is 0.253 e. The van der Waals surface area contributed by atoms with Gasteiger partial charge in [-0.3, -0.25) is 9.69 Å². The molecule has 0 spiro atoms. The molecule has 5 heteroatoms. The first-order valence-corrected chi connectivity index (χ1v) is 8.80. The Kier molecular flexibility index (Phi) is 5.49. The molecular weight excluding hydrogens is 302 g/mol. The van der Waals surface area contributed by atoms with Gasteiger partial charge in [-0.05, 0) is 49.9 Å². The summed E-state index contributed by atoms with van der Waals surface area (Å²) in [6.45, 7) is 7.66. The highest BCUT2D eigenvalue weighted by Gasteiger charge is 2.30. The molecule has 0 N–H and O–H groups in total. The van der Waals surface area contributed by atoms with Crippen molar-refractivity contribution >= 4 is 5.91 Å². The molecule has 3 rings (SSSR count). The predicted molar refractivity (Wildman–Crippen MR) is 91.6 cm³/mol. The van der Waals surface area contributed by atoms with Crippen LogP contribution in [-0.4, -0.2) is 61.1 Å². The second kappa shape index (κ2) is 7.78. The lowest BCUT2D eigenvalue weighted by molar-refractivity contribution is -0.000950. The molecule has 2 fully saturated rings. The van der Waals surface area contributed by atoms with Crippen molar-refractivity contribution in [2.75, 3.05) is 39.4 Å². The van der Waals surface area contributed by atoms with Crippen molar-refractivity contribution in [3.63, 3.8) is 0 Å². The Morgan fingerprint density at radius 2 is 1.79 bits per heavy atom. The zero-order chi connectivity index (χ0) is 16.9. The van der Waals surface area contributed by atoms with Crippen LogP contribution in [0.3, 0.4) is 0 Å². The largest absolute Gasteiger partial charge is 0.379 e. The van der Waals surface area contributed by atoms with E-state index in [9.17, 15) is 4.79 Å². The van der Waals surface area contributed by atoms with Gasteiger partial charge in [-0.1, -0.05) is 0 Å². The van der Waals surface area contributed by atoms with Crippen LogP contribution in [0.2, 0.25) is 0 Å². The Hall–Kier alpha value is -1.90. The van der Waals surface area contributed by atoms with Crippen LogP contribution >= 0.6 is 0 Å². The van der Waals surface area contributed by atoms with E-state index in [2.05, 4.69) is 17.9 Å². The van der Waals surface area contributed by atoms with Gasteiger partial charge in [0.2, 0.25) is 0 Å². The van der Waals surface area contributed by atoms with E-state index in [1.165, 1.54) is 0 Å². The van der Waals surface area contributed by atoms with E-state index in [4.69, 9.17) is 10.00 Å². The average Bonchev–Trinajstić information content (AvgIpc) is 2.68. The Morgan fingerprint density at radius 3 is 2.38 bits per heavy atom. The third-order valence-corrected chi connectivity index (χ3v) is 5.39. The van der Waals surface area contributed by atoms with Crippen molar-refractivity contribution in [2.45, 2.75) is 25.8 Å². The number of morpholine rings is 1. The molecule has 2 aliphatic heterocycles. The highest BCUT2D eigenvalue weighted by atomic mass is 16.5. The van der Waals surface area contributed by atoms with E-state index >= 15 is 0 Å². The molecule has 1 amide bonds. The number of ether oxygens (including phenoxy) is 1. The number of amides is 1. The number of piperidine rings is 1. The van der Waals surface area contributed by atoms with E-state index in [-0.39, 0.29) is 5.91 Å². The second-order valence-electron chi connectivity index (χ2n) is 6.71. The fourth-order valence-corrected chi connectivity index (χ4v) is 3.74. The van der Waals surface area contributed by atoms with E-state index in [1.807, 2.05) is 4.90 Å². The maximum Gasteiger partial charge on any atom is 0.253 e. The summed E-state index contributed by atoms with van der Waals surface area (Å²) in [6, 6.07) is 9.56. The Labute approximate surface area is 143 Å². The van der Waals surface area contributed by atoms with Gasteiger partial charge in [0.1, 0.15) is 0 Å². The highest BCUT2D eigenvalue weighted by molar-refractivity contribution is 5.94. The number of hydrogen-bond acceptors (Lipinski definition) is 4. The van der Waals surface area contributed by atoms with Crippen LogP contribution in [0.4, 0.5) is 0 Å². The zero-order valence-electron chi connectivity index (χ0n) is 14.3. The van der Waals surface area contributed by atoms with Crippen molar-refractivity contribution in [1.29, 1.82) is 5.26 Å². The molecule has 1 atom stereocenters. The van der Waals surface area contributed by atoms with Crippen molar-refractivity contribution in [1.82, 2.24) is 9.80 Å². The molecule has 0 bridgehead atoms. The third-order valence-electron chi connectivity index (χ3n) is 5.39. The molecule has 0 aromatic heterocycles. The van der Waals surface area contributed by atoms with Crippen LogP contribution in [0.5, 0.6) is 0 Å². The number of nitriles is 1. The van der Waals surface area contributed by atoms with E-state index in [0.29, 0.717) is 23.1 Å². The summed E-state index contributed by atoms with van der Waals surface area (Å²) in [4.78, 5) is 17.1. The van der Waals surface area contributed by atoms with Crippen molar-refractivity contribution < 1.29 is 9.53 Å². The number of benzene rings is 1. The Morgan fingerprint density at radius 1 is 1.17 bits per heavy atom. The minimum absolute atomic E-state index is 0.0805. The van der Waals surface area contributed by atoms with Gasteiger partial charge in [-0.25, -0.2) is 0 Å². The molecule has 0 aliphatic carbocycles. The second-order valence-corrected chi connectivity index (χ2v) is 6.71. The molecule has 1 aromatic carbocycles. The molecule has 5 nitrogen and oxygen atoms in total. The molecule has 2 saturated heterocycles. The SMILES string of the molecule is CC(C1CCN(C(=O)c2ccc(C#N)cc2)CC1)N1CCOCC1. The van der Waals surface area contributed by atoms with Gasteiger partial charge >= 0.3 is 0 Å². The van der Waals surface area contributed by atoms with Crippen LogP contribution in [-0.2, 0) is 4.74 Å². The topological polar surface area (TPSA) is 56.6 Å². The van der Waals surface area contributed by atoms with Gasteiger partial charge in [-0.15, -0.1) is 0 Å². The van der Waals surface area contributed by atoms with Crippen LogP contribution in [0.25, 0.3) is 0 Å². The lowest BCUT2D eigenvalue weighted by Crippen LogP contribution is -2.49. The minimum atomic E-state index is 0.0805. The monoisotopic (exact) mass is 327 g/mol. The van der Waals surface area contributed by atoms with Gasteiger partial charge < -0.3 is 9.64 Å². The normalized spacial score (nSPS) is 21.2. The van der Waals surface area contributed by atoms with Gasteiger partial charge in [0.15, 0.2) is 0 Å². The summed E-state index contributed by atoms with van der Waals surface area (Å²) in [5.41, 5.74) is 1.26. The summed E-state index contributed by atoms with van der Waals surface area (Å²) in [5, 5.41) is 8.85. The lowest BCUT2D eigenvalue weighted by atomic mass is 9.89. The number of carbonyl (C=O) groups is 1. The molecule has 2 heterocycles. The summed E-state index contributed by atoms with van der Waals surface area (Å²) in [6.07, 6.45) is 2.11. The maximum absolute atomic E-state index is 12.6. The Bertz CT molecular complexity index is 594. The average molecular weight is 327 g/mol. The van der Waals surface area contributed by atoms with Crippen molar-refractivity contribution in [3.8, 4) is 6.07 Å². The van der Waals surface area contributed by atoms with Gasteiger partial charge in [-0.2, -0.15) is 5.26 Å². The van der Waals surface area contributed by atoms with Gasteiger partial charge in [0, 0.05) is 37.8 Å². The first-order valence-electron chi connectivity index (χ1n) is 8.80. The molecule has 2 aliphatic rings. The fraction of sp³-hybridized carbons (Fsp3) is 0.579. The summed E-state index contributed by atoms with van der Waals surface area (Å²) < 4.78 is 5.44. The quantitative estimate of drug-likeness (QED) is 0.853. The van der Waals surface area contributed by atoms with Crippen LogP contribution in [0.1, 0.15) is 35.7 Å². The van der Waals surface area contributed by atoms with Crippen molar-refractivity contribution in [3.05, 3.63) is 35.4 Å². The molecule has 0 saturated carbocycles. The number of carbonyl (C=O) groups excluding carboxylic acids is 1. The Balaban J connectivity index is 1.54. The molecule has 128 valence electrons. The molecule has 1 unspecified atom stereocenters. The molecule has 24 heavy (non-hydrogen) atoms. The lowest BCUT2D eigenvalue weighted by Gasteiger charge is -2.41. The first-order chi connectivity index (χ1) is 11.7. The predicted octanol–water partition coefficient (Wildman–Crippen LogP) is 2.13. The number of rotatable bonds is 3. The molecular formula is C19H25N3O2. The zero-order valence-corrected chi connectivity index (χ0v) is 14.3.